The maximum atomic E-state index is 11.7. The van der Waals surface area contributed by atoms with Crippen molar-refractivity contribution < 1.29 is 13.2 Å². The second kappa shape index (κ2) is 4.82. The molecule has 0 radical (unpaired) electrons. The van der Waals surface area contributed by atoms with Crippen LogP contribution in [0, 0.1) is 0 Å². The lowest BCUT2D eigenvalue weighted by Crippen LogP contribution is -2.22. The first-order valence-electron chi connectivity index (χ1n) is 4.32. The molecule has 1 N–H and O–H groups in total. The molecule has 5 nitrogen and oxygen atoms in total. The Balaban J connectivity index is 3.21. The van der Waals surface area contributed by atoms with Crippen LogP contribution in [0.25, 0.3) is 0 Å². The molecule has 0 saturated carbocycles. The first kappa shape index (κ1) is 13.0. The third-order valence-electron chi connectivity index (χ3n) is 1.93. The van der Waals surface area contributed by atoms with Gasteiger partial charge in [0, 0.05) is 14.1 Å². The lowest BCUT2D eigenvalue weighted by Gasteiger charge is -2.12. The molecule has 0 aliphatic carbocycles. The molecule has 0 spiro atoms. The van der Waals surface area contributed by atoms with Crippen LogP contribution in [0.4, 0.5) is 5.69 Å². The van der Waals surface area contributed by atoms with E-state index >= 15 is 0 Å². The highest BCUT2D eigenvalue weighted by molar-refractivity contribution is 7.89. The number of carbonyl (C=O) groups is 1. The first-order valence-corrected chi connectivity index (χ1v) is 6.13. The highest BCUT2D eigenvalue weighted by Gasteiger charge is 2.18. The first-order chi connectivity index (χ1) is 7.39. The Morgan fingerprint density at radius 2 is 2.00 bits per heavy atom. The summed E-state index contributed by atoms with van der Waals surface area (Å²) in [6, 6.07) is 4.11. The molecule has 0 aliphatic rings. The number of nitrogens with one attached hydrogen (secondary N) is 1. The minimum absolute atomic E-state index is 0.0824. The van der Waals surface area contributed by atoms with E-state index in [1.165, 1.54) is 32.3 Å². The van der Waals surface area contributed by atoms with Crippen LogP contribution in [0.5, 0.6) is 0 Å². The highest BCUT2D eigenvalue weighted by Crippen LogP contribution is 2.25. The van der Waals surface area contributed by atoms with Gasteiger partial charge in [-0.15, -0.1) is 0 Å². The number of amides is 1. The number of anilines is 1. The largest absolute Gasteiger partial charge is 0.327 e. The summed E-state index contributed by atoms with van der Waals surface area (Å²) in [5.41, 5.74) is 0.370. The van der Waals surface area contributed by atoms with Crippen molar-refractivity contribution >= 4 is 33.7 Å². The molecular weight excluding hydrogens is 252 g/mol. The van der Waals surface area contributed by atoms with E-state index in [0.717, 1.165) is 4.31 Å². The van der Waals surface area contributed by atoms with Crippen molar-refractivity contribution in [3.63, 3.8) is 0 Å². The van der Waals surface area contributed by atoms with Gasteiger partial charge in [-0.3, -0.25) is 4.79 Å². The maximum Gasteiger partial charge on any atom is 0.242 e. The number of hydrogen-bond donors (Lipinski definition) is 1. The number of benzene rings is 1. The van der Waals surface area contributed by atoms with Crippen molar-refractivity contribution in [3.8, 4) is 0 Å². The third-order valence-corrected chi connectivity index (χ3v) is 4.06. The molecule has 16 heavy (non-hydrogen) atoms. The van der Waals surface area contributed by atoms with Gasteiger partial charge in [-0.05, 0) is 18.2 Å². The van der Waals surface area contributed by atoms with Gasteiger partial charge in [0.1, 0.15) is 0 Å². The van der Waals surface area contributed by atoms with Gasteiger partial charge in [0.25, 0.3) is 0 Å². The lowest BCUT2D eigenvalue weighted by atomic mass is 10.3. The highest BCUT2D eigenvalue weighted by atomic mass is 35.5. The molecule has 0 aromatic heterocycles. The van der Waals surface area contributed by atoms with Crippen LogP contribution in [0.15, 0.2) is 23.1 Å². The van der Waals surface area contributed by atoms with Crippen LogP contribution >= 0.6 is 11.6 Å². The van der Waals surface area contributed by atoms with Gasteiger partial charge in [0.05, 0.1) is 15.6 Å². The quantitative estimate of drug-likeness (QED) is 0.828. The number of rotatable bonds is 4. The molecule has 7 heteroatoms. The van der Waals surface area contributed by atoms with Gasteiger partial charge in [0.15, 0.2) is 0 Å². The molecular formula is C9H11ClN2O3S. The zero-order valence-electron chi connectivity index (χ0n) is 8.77. The lowest BCUT2D eigenvalue weighted by molar-refractivity contribution is -0.105. The molecule has 1 aromatic carbocycles. The van der Waals surface area contributed by atoms with E-state index in [1.54, 1.807) is 0 Å². The Hall–Kier alpha value is -1.11. The summed E-state index contributed by atoms with van der Waals surface area (Å²) < 4.78 is 24.6. The molecule has 1 rings (SSSR count). The van der Waals surface area contributed by atoms with Crippen LogP contribution in [-0.4, -0.2) is 33.2 Å². The van der Waals surface area contributed by atoms with Crippen LogP contribution in [-0.2, 0) is 14.8 Å². The minimum Gasteiger partial charge on any atom is -0.327 e. The summed E-state index contributed by atoms with van der Waals surface area (Å²) in [5.74, 6) is 0. The van der Waals surface area contributed by atoms with E-state index in [1.807, 2.05) is 0 Å². The summed E-state index contributed by atoms with van der Waals surface area (Å²) in [6.45, 7) is 0. The van der Waals surface area contributed by atoms with Crippen molar-refractivity contribution in [1.82, 2.24) is 4.31 Å². The van der Waals surface area contributed by atoms with Crippen molar-refractivity contribution in [2.24, 2.45) is 0 Å². The van der Waals surface area contributed by atoms with E-state index in [-0.39, 0.29) is 9.92 Å². The number of hydrogen-bond acceptors (Lipinski definition) is 3. The molecule has 0 fully saturated rings. The number of carbonyl (C=O) groups excluding carboxylic acids is 1. The summed E-state index contributed by atoms with van der Waals surface area (Å²) in [7, 11) is -0.636. The van der Waals surface area contributed by atoms with E-state index in [2.05, 4.69) is 5.32 Å². The monoisotopic (exact) mass is 262 g/mol. The smallest absolute Gasteiger partial charge is 0.242 e. The topological polar surface area (TPSA) is 66.5 Å². The van der Waals surface area contributed by atoms with Crippen molar-refractivity contribution in [3.05, 3.63) is 23.2 Å². The average Bonchev–Trinajstić information content (AvgIpc) is 2.21. The van der Waals surface area contributed by atoms with E-state index in [9.17, 15) is 13.2 Å². The number of nitrogens with zero attached hydrogens (tertiary/aromatic N) is 1. The summed E-state index contributed by atoms with van der Waals surface area (Å²) >= 11 is 5.81. The van der Waals surface area contributed by atoms with Gasteiger partial charge in [-0.2, -0.15) is 0 Å². The summed E-state index contributed by atoms with van der Waals surface area (Å²) in [4.78, 5) is 10.3. The molecule has 0 heterocycles. The van der Waals surface area contributed by atoms with Gasteiger partial charge in [-0.25, -0.2) is 12.7 Å². The minimum atomic E-state index is -3.50. The van der Waals surface area contributed by atoms with E-state index in [4.69, 9.17) is 11.6 Å². The second-order valence-corrected chi connectivity index (χ2v) is 5.75. The molecule has 1 aromatic rings. The van der Waals surface area contributed by atoms with Crippen LogP contribution < -0.4 is 5.32 Å². The van der Waals surface area contributed by atoms with Crippen LogP contribution in [0.1, 0.15) is 0 Å². The van der Waals surface area contributed by atoms with Gasteiger partial charge in [-0.1, -0.05) is 11.6 Å². The van der Waals surface area contributed by atoms with E-state index < -0.39 is 10.0 Å². The van der Waals surface area contributed by atoms with Crippen molar-refractivity contribution in [2.45, 2.75) is 4.90 Å². The molecule has 0 bridgehead atoms. The van der Waals surface area contributed by atoms with Crippen LogP contribution in [0.3, 0.4) is 0 Å². The van der Waals surface area contributed by atoms with Gasteiger partial charge in [0.2, 0.25) is 16.4 Å². The molecule has 0 atom stereocenters. The molecule has 0 aliphatic heterocycles. The Morgan fingerprint density at radius 3 is 2.44 bits per heavy atom. The second-order valence-electron chi connectivity index (χ2n) is 3.19. The van der Waals surface area contributed by atoms with Gasteiger partial charge >= 0.3 is 0 Å². The predicted molar refractivity (Wildman–Crippen MR) is 62.0 cm³/mol. The fourth-order valence-corrected chi connectivity index (χ4v) is 2.28. The molecule has 0 saturated heterocycles. The zero-order chi connectivity index (χ0) is 12.3. The SMILES string of the molecule is CN(C)S(=O)(=O)c1ccc(NC=O)c(Cl)c1. The maximum absolute atomic E-state index is 11.7. The molecule has 0 unspecified atom stereocenters. The van der Waals surface area contributed by atoms with E-state index in [0.29, 0.717) is 12.1 Å². The number of halogens is 1. The van der Waals surface area contributed by atoms with Gasteiger partial charge < -0.3 is 5.32 Å². The molecule has 1 amide bonds. The Labute approximate surface area is 99.1 Å². The average molecular weight is 263 g/mol. The van der Waals surface area contributed by atoms with Crippen LogP contribution in [0.2, 0.25) is 5.02 Å². The third kappa shape index (κ3) is 2.52. The van der Waals surface area contributed by atoms with Crippen molar-refractivity contribution in [1.29, 1.82) is 0 Å². The Bertz CT molecular complexity index is 499. The Kier molecular flexibility index (Phi) is 3.90. The Morgan fingerprint density at radius 1 is 1.38 bits per heavy atom. The fourth-order valence-electron chi connectivity index (χ4n) is 1.05. The normalized spacial score (nSPS) is 11.5. The van der Waals surface area contributed by atoms with Crippen molar-refractivity contribution in [2.75, 3.05) is 19.4 Å². The zero-order valence-corrected chi connectivity index (χ0v) is 10.3. The predicted octanol–water partition coefficient (Wildman–Crippen LogP) is 1.16. The summed E-state index contributed by atoms with van der Waals surface area (Å²) in [6.07, 6.45) is 0.474. The number of sulfonamides is 1. The molecule has 88 valence electrons. The fraction of sp³-hybridized carbons (Fsp3) is 0.222. The summed E-state index contributed by atoms with van der Waals surface area (Å²) in [5, 5.41) is 2.54. The standard InChI is InChI=1S/C9H11ClN2O3S/c1-12(2)16(14,15)7-3-4-9(11-6-13)8(10)5-7/h3-6H,1-2H3,(H,11,13).